The molecule has 3 N–H and O–H groups in total. The quantitative estimate of drug-likeness (QED) is 0.175. The Morgan fingerprint density at radius 2 is 1.29 bits per heavy atom. The normalized spacial score (nSPS) is 12.2. The average molecular weight is 681 g/mol. The first kappa shape index (κ1) is 34.4. The van der Waals surface area contributed by atoms with Crippen molar-refractivity contribution < 1.29 is 4.79 Å². The van der Waals surface area contributed by atoms with Crippen molar-refractivity contribution in [1.82, 2.24) is 29.1 Å². The monoisotopic (exact) mass is 680 g/mol. The molecule has 0 atom stereocenters. The van der Waals surface area contributed by atoms with E-state index < -0.39 is 0 Å². The Hall–Kier alpha value is -6.47. The van der Waals surface area contributed by atoms with Crippen molar-refractivity contribution >= 4 is 62.1 Å². The summed E-state index contributed by atoms with van der Waals surface area (Å²) in [5.74, 6) is 0.176. The number of hydrogen-bond acceptors (Lipinski definition) is 10. The van der Waals surface area contributed by atoms with Gasteiger partial charge in [-0.25, -0.2) is 19.9 Å². The van der Waals surface area contributed by atoms with Crippen molar-refractivity contribution in [2.24, 2.45) is 20.0 Å². The van der Waals surface area contributed by atoms with Gasteiger partial charge >= 0.3 is 0 Å². The van der Waals surface area contributed by atoms with Gasteiger partial charge in [-0.3, -0.25) is 4.79 Å². The van der Waals surface area contributed by atoms with Crippen molar-refractivity contribution in [2.45, 2.75) is 39.5 Å². The highest BCUT2D eigenvalue weighted by molar-refractivity contribution is 6.03. The van der Waals surface area contributed by atoms with Crippen LogP contribution in [0.1, 0.15) is 49.2 Å². The van der Waals surface area contributed by atoms with Crippen molar-refractivity contribution in [3.8, 4) is 12.1 Å². The predicted octanol–water partition coefficient (Wildman–Crippen LogP) is 6.27. The molecule has 0 aliphatic heterocycles. The number of hydrogen-bond donors (Lipinski definition) is 2. The summed E-state index contributed by atoms with van der Waals surface area (Å²) in [7, 11) is 7.82. The Kier molecular flexibility index (Phi) is 9.56. The van der Waals surface area contributed by atoms with E-state index in [1.807, 2.05) is 77.5 Å². The van der Waals surface area contributed by atoms with Crippen LogP contribution in [0.15, 0.2) is 61.4 Å². The lowest BCUT2D eigenvalue weighted by Crippen LogP contribution is -2.16. The fourth-order valence-electron chi connectivity index (χ4n) is 6.07. The number of aryl methyl sites for hydroxylation is 4. The van der Waals surface area contributed by atoms with Crippen molar-refractivity contribution in [3.05, 3.63) is 84.0 Å². The molecule has 1 amide bonds. The Morgan fingerprint density at radius 1 is 0.804 bits per heavy atom. The molecule has 0 bridgehead atoms. The summed E-state index contributed by atoms with van der Waals surface area (Å²) in [4.78, 5) is 33.6. The third-order valence-electron chi connectivity index (χ3n) is 9.28. The van der Waals surface area contributed by atoms with Gasteiger partial charge < -0.3 is 30.0 Å². The summed E-state index contributed by atoms with van der Waals surface area (Å²) >= 11 is 0. The minimum atomic E-state index is 0.0565. The number of nitrogens with zero attached hydrogens (tertiary/aromatic N) is 10. The fourth-order valence-corrected chi connectivity index (χ4v) is 6.07. The second-order valence-electron chi connectivity index (χ2n) is 12.7. The van der Waals surface area contributed by atoms with E-state index in [1.165, 1.54) is 0 Å². The van der Waals surface area contributed by atoms with Gasteiger partial charge in [0.15, 0.2) is 0 Å². The van der Waals surface area contributed by atoms with Crippen LogP contribution in [0.25, 0.3) is 22.1 Å². The molecular weight excluding hydrogens is 641 g/mol. The van der Waals surface area contributed by atoms with E-state index in [0.717, 1.165) is 87.3 Å². The smallest absolute Gasteiger partial charge is 0.227 e. The number of carbonyl (C=O) groups excluding carboxylic acids is 1. The molecule has 13 heteroatoms. The van der Waals surface area contributed by atoms with Crippen LogP contribution < -0.4 is 20.9 Å². The molecule has 0 spiro atoms. The van der Waals surface area contributed by atoms with Crippen LogP contribution >= 0.6 is 0 Å². The van der Waals surface area contributed by atoms with Crippen molar-refractivity contribution in [3.63, 3.8) is 0 Å². The van der Waals surface area contributed by atoms with Crippen LogP contribution in [0.3, 0.4) is 0 Å². The molecule has 2 aromatic carbocycles. The Bertz CT molecular complexity index is 2360. The first-order valence-electron chi connectivity index (χ1n) is 16.8. The van der Waals surface area contributed by atoms with Gasteiger partial charge in [0.25, 0.3) is 0 Å². The van der Waals surface area contributed by atoms with Crippen LogP contribution in [0, 0.1) is 28.6 Å². The van der Waals surface area contributed by atoms with E-state index in [0.29, 0.717) is 17.1 Å². The number of rotatable bonds is 8. The SMILES string of the molecule is CCc1cc(C#N)ncc1N(C)c1cc(N)c2ncn(C)c2c1.CCc1cc(C#N)ncc1N(C)c1cc(NC(=O)C2CC2)c2ncn(C)c2c1. The topological polar surface area (TPSA) is 171 Å². The van der Waals surface area contributed by atoms with Crippen LogP contribution in [0.2, 0.25) is 0 Å². The number of amides is 1. The molecule has 1 aliphatic carbocycles. The minimum absolute atomic E-state index is 0.0565. The van der Waals surface area contributed by atoms with Gasteiger partial charge in [-0.2, -0.15) is 10.5 Å². The predicted molar refractivity (Wildman–Crippen MR) is 200 cm³/mol. The fraction of sp³-hybridized carbons (Fsp3) is 0.289. The molecule has 0 radical (unpaired) electrons. The van der Waals surface area contributed by atoms with Gasteiger partial charge in [0.05, 0.1) is 58.8 Å². The first-order valence-corrected chi connectivity index (χ1v) is 16.8. The summed E-state index contributed by atoms with van der Waals surface area (Å²) < 4.78 is 3.89. The summed E-state index contributed by atoms with van der Waals surface area (Å²) in [6.45, 7) is 4.12. The molecule has 0 saturated heterocycles. The van der Waals surface area contributed by atoms with Crippen LogP contribution in [0.4, 0.5) is 34.1 Å². The zero-order valence-electron chi connectivity index (χ0n) is 29.6. The highest BCUT2D eigenvalue weighted by atomic mass is 16.2. The standard InChI is InChI=1S/C21H22N6O.C17H18N6/c1-4-13-7-15(10-22)23-11-19(13)27(3)16-8-17(25-21(28)14-5-6-14)20-18(9-16)26(2)12-24-20;1-4-11-5-12(8-18)20-9-16(11)23(3)13-6-14(19)17-15(7-13)22(2)10-21-17/h7-9,11-12,14H,4-6H2,1-3H3,(H,25,28);5-7,9-10H,4,19H2,1-3H3. The lowest BCUT2D eigenvalue weighted by molar-refractivity contribution is -0.117. The molecule has 51 heavy (non-hydrogen) atoms. The minimum Gasteiger partial charge on any atom is -0.397 e. The van der Waals surface area contributed by atoms with Gasteiger partial charge in [0, 0.05) is 45.5 Å². The maximum Gasteiger partial charge on any atom is 0.227 e. The number of nitrogens with one attached hydrogen (secondary N) is 1. The third-order valence-corrected chi connectivity index (χ3v) is 9.28. The molecule has 4 heterocycles. The van der Waals surface area contributed by atoms with Crippen molar-refractivity contribution in [1.29, 1.82) is 10.5 Å². The Balaban J connectivity index is 0.000000179. The van der Waals surface area contributed by atoms with Gasteiger partial charge in [-0.05, 0) is 73.2 Å². The number of imidazole rings is 2. The molecular formula is C38H40N12O. The van der Waals surface area contributed by atoms with Crippen LogP contribution in [0.5, 0.6) is 0 Å². The molecule has 4 aromatic heterocycles. The highest BCUT2D eigenvalue weighted by Crippen LogP contribution is 2.36. The maximum atomic E-state index is 12.3. The van der Waals surface area contributed by atoms with Gasteiger partial charge in [-0.1, -0.05) is 13.8 Å². The molecule has 7 rings (SSSR count). The van der Waals surface area contributed by atoms with Crippen molar-refractivity contribution in [2.75, 3.05) is 34.9 Å². The average Bonchev–Trinajstić information content (AvgIpc) is 3.85. The molecule has 258 valence electrons. The first-order chi connectivity index (χ1) is 24.6. The summed E-state index contributed by atoms with van der Waals surface area (Å²) in [5, 5.41) is 21.2. The lowest BCUT2D eigenvalue weighted by Gasteiger charge is -2.23. The van der Waals surface area contributed by atoms with E-state index >= 15 is 0 Å². The molecule has 1 aliphatic rings. The van der Waals surface area contributed by atoms with Gasteiger partial charge in [0.2, 0.25) is 5.91 Å². The third kappa shape index (κ3) is 6.87. The highest BCUT2D eigenvalue weighted by Gasteiger charge is 2.30. The summed E-state index contributed by atoms with van der Waals surface area (Å²) in [5.41, 5.74) is 17.7. The van der Waals surface area contributed by atoms with E-state index in [2.05, 4.69) is 57.3 Å². The van der Waals surface area contributed by atoms with Gasteiger partial charge in [0.1, 0.15) is 34.6 Å². The number of pyridine rings is 2. The number of nitrogens with two attached hydrogens (primary N) is 1. The Labute approximate surface area is 296 Å². The molecule has 1 fully saturated rings. The second-order valence-corrected chi connectivity index (χ2v) is 12.7. The summed E-state index contributed by atoms with van der Waals surface area (Å²) in [6, 6.07) is 15.8. The van der Waals surface area contributed by atoms with E-state index in [9.17, 15) is 4.79 Å². The zero-order valence-corrected chi connectivity index (χ0v) is 29.6. The van der Waals surface area contributed by atoms with Crippen LogP contribution in [-0.2, 0) is 31.7 Å². The maximum absolute atomic E-state index is 12.3. The molecule has 6 aromatic rings. The molecule has 0 unspecified atom stereocenters. The van der Waals surface area contributed by atoms with Gasteiger partial charge in [-0.15, -0.1) is 0 Å². The largest absolute Gasteiger partial charge is 0.397 e. The lowest BCUT2D eigenvalue weighted by atomic mass is 10.1. The number of anilines is 6. The number of aromatic nitrogens is 6. The number of carbonyl (C=O) groups is 1. The molecule has 13 nitrogen and oxygen atoms in total. The van der Waals surface area contributed by atoms with E-state index in [4.69, 9.17) is 16.3 Å². The van der Waals surface area contributed by atoms with Crippen LogP contribution in [-0.4, -0.2) is 49.1 Å². The van der Waals surface area contributed by atoms with E-state index in [-0.39, 0.29) is 11.8 Å². The number of nitriles is 2. The number of fused-ring (bicyclic) bond motifs is 2. The Morgan fingerprint density at radius 3 is 1.78 bits per heavy atom. The number of nitrogen functional groups attached to an aromatic ring is 1. The zero-order chi connectivity index (χ0) is 36.4. The second kappa shape index (κ2) is 14.2. The number of benzene rings is 2. The molecule has 1 saturated carbocycles. The van der Waals surface area contributed by atoms with E-state index in [1.54, 1.807) is 25.0 Å². The summed E-state index contributed by atoms with van der Waals surface area (Å²) in [6.07, 6.45) is 10.5.